The van der Waals surface area contributed by atoms with Crippen molar-refractivity contribution in [1.29, 1.82) is 0 Å². The third-order valence-electron chi connectivity index (χ3n) is 3.81. The summed E-state index contributed by atoms with van der Waals surface area (Å²) >= 11 is 3.06. The summed E-state index contributed by atoms with van der Waals surface area (Å²) in [6.07, 6.45) is 0. The van der Waals surface area contributed by atoms with Crippen molar-refractivity contribution >= 4 is 28.8 Å². The summed E-state index contributed by atoms with van der Waals surface area (Å²) in [6, 6.07) is 6.52. The van der Waals surface area contributed by atoms with Gasteiger partial charge in [-0.1, -0.05) is 25.6 Å². The van der Waals surface area contributed by atoms with Crippen LogP contribution in [0.4, 0.5) is 5.69 Å². The number of hydrogen-bond donors (Lipinski definition) is 1. The fourth-order valence-corrected chi connectivity index (χ4v) is 4.37. The summed E-state index contributed by atoms with van der Waals surface area (Å²) < 4.78 is 1.83. The van der Waals surface area contributed by atoms with E-state index in [0.29, 0.717) is 11.7 Å². The second-order valence-electron chi connectivity index (χ2n) is 5.85. The molecule has 0 saturated carbocycles. The average Bonchev–Trinajstić information content (AvgIpc) is 3.29. The van der Waals surface area contributed by atoms with E-state index < -0.39 is 4.92 Å². The molecule has 1 aliphatic rings. The van der Waals surface area contributed by atoms with Crippen LogP contribution in [-0.4, -0.2) is 24.8 Å². The molecule has 0 fully saturated rings. The Kier molecular flexibility index (Phi) is 3.92. The van der Waals surface area contributed by atoms with Crippen molar-refractivity contribution in [3.63, 3.8) is 0 Å². The van der Waals surface area contributed by atoms with Crippen LogP contribution in [0, 0.1) is 10.1 Å². The second-order valence-corrected chi connectivity index (χ2v) is 7.78. The number of hydrogen-bond acceptors (Lipinski definition) is 8. The first-order chi connectivity index (χ1) is 12.0. The maximum absolute atomic E-state index is 10.8. The number of benzene rings is 1. The Bertz CT molecular complexity index is 934. The van der Waals surface area contributed by atoms with Gasteiger partial charge in [-0.25, -0.2) is 9.66 Å². The highest BCUT2D eigenvalue weighted by molar-refractivity contribution is 7.99. The molecule has 0 saturated heterocycles. The molecular formula is C15H14N6O2S2. The summed E-state index contributed by atoms with van der Waals surface area (Å²) in [7, 11) is 0. The van der Waals surface area contributed by atoms with E-state index in [1.54, 1.807) is 23.5 Å². The van der Waals surface area contributed by atoms with Crippen LogP contribution in [-0.2, 0) is 0 Å². The van der Waals surface area contributed by atoms with Crippen LogP contribution in [0.15, 0.2) is 34.8 Å². The maximum Gasteiger partial charge on any atom is 0.269 e. The van der Waals surface area contributed by atoms with Gasteiger partial charge in [0, 0.05) is 17.5 Å². The Morgan fingerprint density at radius 3 is 2.68 bits per heavy atom. The van der Waals surface area contributed by atoms with Crippen LogP contribution < -0.4 is 5.43 Å². The predicted molar refractivity (Wildman–Crippen MR) is 96.3 cm³/mol. The first-order valence-corrected chi connectivity index (χ1v) is 9.37. The number of aromatic nitrogens is 4. The van der Waals surface area contributed by atoms with Crippen molar-refractivity contribution in [3.05, 3.63) is 51.0 Å². The minimum atomic E-state index is -0.402. The van der Waals surface area contributed by atoms with Crippen molar-refractivity contribution < 1.29 is 4.92 Å². The molecule has 25 heavy (non-hydrogen) atoms. The smallest absolute Gasteiger partial charge is 0.269 e. The Hall–Kier alpha value is -2.46. The molecule has 1 aromatic carbocycles. The number of nitrogens with one attached hydrogen (secondary N) is 1. The largest absolute Gasteiger partial charge is 0.304 e. The minimum Gasteiger partial charge on any atom is -0.304 e. The summed E-state index contributed by atoms with van der Waals surface area (Å²) in [5.41, 5.74) is 5.39. The zero-order valence-corrected chi connectivity index (χ0v) is 15.0. The van der Waals surface area contributed by atoms with E-state index >= 15 is 0 Å². The topological polar surface area (TPSA) is 98.8 Å². The molecule has 0 radical (unpaired) electrons. The van der Waals surface area contributed by atoms with Gasteiger partial charge < -0.3 is 5.43 Å². The molecule has 128 valence electrons. The molecule has 0 bridgehead atoms. The first kappa shape index (κ1) is 16.0. The molecule has 3 heterocycles. The van der Waals surface area contributed by atoms with Crippen LogP contribution in [0.2, 0.25) is 0 Å². The number of rotatable bonds is 4. The van der Waals surface area contributed by atoms with Gasteiger partial charge in [0.15, 0.2) is 5.01 Å². The molecule has 4 rings (SSSR count). The quantitative estimate of drug-likeness (QED) is 0.548. The highest BCUT2D eigenvalue weighted by atomic mass is 32.2. The number of fused-ring (bicyclic) bond motifs is 1. The van der Waals surface area contributed by atoms with Crippen LogP contribution in [0.3, 0.4) is 0 Å². The molecule has 0 amide bonds. The highest BCUT2D eigenvalue weighted by Crippen LogP contribution is 2.40. The standard InChI is InChI=1S/C15H14N6O2S2/c1-8(2)11-7-24-14(16-11)12-17-18-15-20(12)19-13(25-15)9-3-5-10(6-4-9)21(22)23/h3-8,13,19H,1-2H3. The van der Waals surface area contributed by atoms with Gasteiger partial charge in [0.25, 0.3) is 5.69 Å². The molecule has 2 aromatic heterocycles. The van der Waals surface area contributed by atoms with Crippen LogP contribution in [0.25, 0.3) is 10.8 Å². The number of nitro benzene ring substituents is 1. The third-order valence-corrected chi connectivity index (χ3v) is 5.76. The van der Waals surface area contributed by atoms with Gasteiger partial charge in [-0.3, -0.25) is 10.1 Å². The first-order valence-electron chi connectivity index (χ1n) is 7.61. The van der Waals surface area contributed by atoms with E-state index in [1.807, 2.05) is 10.1 Å². The number of non-ortho nitro benzene ring substituents is 1. The SMILES string of the molecule is CC(C)c1csc(-c2nnc3n2NC(c2ccc([N+](=O)[O-])cc2)S3)n1. The summed E-state index contributed by atoms with van der Waals surface area (Å²) in [4.78, 5) is 15.0. The Morgan fingerprint density at radius 2 is 2.04 bits per heavy atom. The molecule has 1 atom stereocenters. The summed E-state index contributed by atoms with van der Waals surface area (Å²) in [5, 5.41) is 22.8. The Labute approximate surface area is 151 Å². The summed E-state index contributed by atoms with van der Waals surface area (Å²) in [5.74, 6) is 1.05. The third kappa shape index (κ3) is 2.87. The molecule has 0 aliphatic carbocycles. The lowest BCUT2D eigenvalue weighted by Gasteiger charge is -2.11. The van der Waals surface area contributed by atoms with Crippen molar-refractivity contribution in [1.82, 2.24) is 19.9 Å². The lowest BCUT2D eigenvalue weighted by atomic mass is 10.2. The second kappa shape index (κ2) is 6.12. The molecule has 0 spiro atoms. The van der Waals surface area contributed by atoms with Crippen LogP contribution in [0.5, 0.6) is 0 Å². The highest BCUT2D eigenvalue weighted by Gasteiger charge is 2.29. The van der Waals surface area contributed by atoms with Crippen LogP contribution >= 0.6 is 23.1 Å². The molecule has 1 unspecified atom stereocenters. The van der Waals surface area contributed by atoms with E-state index in [9.17, 15) is 10.1 Å². The van der Waals surface area contributed by atoms with Gasteiger partial charge in [-0.2, -0.15) is 0 Å². The zero-order chi connectivity index (χ0) is 17.6. The van der Waals surface area contributed by atoms with Crippen molar-refractivity contribution in [3.8, 4) is 10.8 Å². The lowest BCUT2D eigenvalue weighted by molar-refractivity contribution is -0.384. The van der Waals surface area contributed by atoms with Gasteiger partial charge >= 0.3 is 0 Å². The van der Waals surface area contributed by atoms with Crippen LogP contribution in [0.1, 0.15) is 36.4 Å². The minimum absolute atomic E-state index is 0.0745. The van der Waals surface area contributed by atoms with Gasteiger partial charge in [0.1, 0.15) is 5.37 Å². The molecule has 1 N–H and O–H groups in total. The van der Waals surface area contributed by atoms with Gasteiger partial charge in [0.05, 0.1) is 10.6 Å². The average molecular weight is 374 g/mol. The van der Waals surface area contributed by atoms with E-state index in [-0.39, 0.29) is 11.1 Å². The van der Waals surface area contributed by atoms with E-state index in [1.165, 1.54) is 23.9 Å². The van der Waals surface area contributed by atoms with Gasteiger partial charge in [-0.15, -0.1) is 21.5 Å². The number of nitrogens with zero attached hydrogens (tertiary/aromatic N) is 5. The number of thioether (sulfide) groups is 1. The normalized spacial score (nSPS) is 16.0. The van der Waals surface area contributed by atoms with E-state index in [2.05, 4.69) is 34.5 Å². The monoisotopic (exact) mass is 374 g/mol. The Balaban J connectivity index is 1.59. The zero-order valence-electron chi connectivity index (χ0n) is 13.4. The van der Waals surface area contributed by atoms with E-state index in [0.717, 1.165) is 21.4 Å². The Morgan fingerprint density at radius 1 is 1.28 bits per heavy atom. The van der Waals surface area contributed by atoms with Gasteiger partial charge in [0.2, 0.25) is 11.0 Å². The van der Waals surface area contributed by atoms with Crippen molar-refractivity contribution in [2.24, 2.45) is 0 Å². The molecule has 8 nitrogen and oxygen atoms in total. The van der Waals surface area contributed by atoms with Crippen molar-refractivity contribution in [2.75, 3.05) is 5.43 Å². The van der Waals surface area contributed by atoms with Gasteiger partial charge in [-0.05, 0) is 23.6 Å². The molecule has 1 aliphatic heterocycles. The maximum atomic E-state index is 10.8. The number of nitro groups is 1. The molecular weight excluding hydrogens is 360 g/mol. The molecule has 3 aromatic rings. The fourth-order valence-electron chi connectivity index (χ4n) is 2.42. The lowest BCUT2D eigenvalue weighted by Crippen LogP contribution is -2.13. The van der Waals surface area contributed by atoms with E-state index in [4.69, 9.17) is 0 Å². The molecule has 10 heteroatoms. The predicted octanol–water partition coefficient (Wildman–Crippen LogP) is 3.78. The fraction of sp³-hybridized carbons (Fsp3) is 0.267. The number of thiazole rings is 1. The summed E-state index contributed by atoms with van der Waals surface area (Å²) in [6.45, 7) is 4.21. The van der Waals surface area contributed by atoms with Crippen molar-refractivity contribution in [2.45, 2.75) is 30.3 Å².